The normalized spacial score (nSPS) is 10.3. The van der Waals surface area contributed by atoms with Crippen molar-refractivity contribution in [1.82, 2.24) is 14.8 Å². The summed E-state index contributed by atoms with van der Waals surface area (Å²) < 4.78 is 1.72. The van der Waals surface area contributed by atoms with Crippen LogP contribution in [-0.4, -0.2) is 26.6 Å². The van der Waals surface area contributed by atoms with E-state index < -0.39 is 0 Å². The third-order valence-electron chi connectivity index (χ3n) is 3.71. The highest BCUT2D eigenvalue weighted by Crippen LogP contribution is 2.17. The van der Waals surface area contributed by atoms with E-state index in [2.05, 4.69) is 20.8 Å². The lowest BCUT2D eigenvalue weighted by atomic mass is 10.1. The fourth-order valence-electron chi connectivity index (χ4n) is 2.47. The number of amides is 2. The zero-order valence-electron chi connectivity index (χ0n) is 14.3. The molecule has 1 aromatic heterocycles. The van der Waals surface area contributed by atoms with Crippen molar-refractivity contribution in [1.29, 1.82) is 0 Å². The van der Waals surface area contributed by atoms with Crippen LogP contribution in [0.3, 0.4) is 0 Å². The molecule has 2 amide bonds. The minimum absolute atomic E-state index is 0.0439. The molecule has 26 heavy (non-hydrogen) atoms. The van der Waals surface area contributed by atoms with Gasteiger partial charge in [0.25, 0.3) is 5.91 Å². The standard InChI is InChI=1S/C19H19N5O2/c1-2-5-18(25)22-15-7-4-8-16(11-15)23-19(26)14-6-3-9-17(10-14)24-12-20-21-13-24/h3-4,6-13H,2,5H2,1H3,(H,22,25)(H,23,26). The molecule has 0 bridgehead atoms. The van der Waals surface area contributed by atoms with Gasteiger partial charge in [0.15, 0.2) is 0 Å². The molecule has 0 radical (unpaired) electrons. The zero-order valence-corrected chi connectivity index (χ0v) is 14.3. The van der Waals surface area contributed by atoms with Crippen LogP contribution in [0, 0.1) is 0 Å². The Labute approximate surface area is 151 Å². The molecule has 0 saturated heterocycles. The van der Waals surface area contributed by atoms with E-state index in [1.54, 1.807) is 59.7 Å². The number of rotatable bonds is 6. The number of hydrogen-bond acceptors (Lipinski definition) is 4. The van der Waals surface area contributed by atoms with Crippen molar-refractivity contribution < 1.29 is 9.59 Å². The van der Waals surface area contributed by atoms with E-state index in [0.717, 1.165) is 12.1 Å². The molecule has 0 aliphatic rings. The Kier molecular flexibility index (Phi) is 5.38. The van der Waals surface area contributed by atoms with Crippen LogP contribution in [0.15, 0.2) is 61.2 Å². The summed E-state index contributed by atoms with van der Waals surface area (Å²) in [4.78, 5) is 24.2. The Hall–Kier alpha value is -3.48. The first-order valence-electron chi connectivity index (χ1n) is 8.32. The molecular formula is C19H19N5O2. The number of aromatic nitrogens is 3. The van der Waals surface area contributed by atoms with E-state index in [-0.39, 0.29) is 11.8 Å². The van der Waals surface area contributed by atoms with Crippen molar-refractivity contribution in [2.75, 3.05) is 10.6 Å². The molecule has 0 unspecified atom stereocenters. The molecule has 2 aromatic carbocycles. The minimum Gasteiger partial charge on any atom is -0.326 e. The van der Waals surface area contributed by atoms with Crippen LogP contribution >= 0.6 is 0 Å². The van der Waals surface area contributed by atoms with E-state index >= 15 is 0 Å². The van der Waals surface area contributed by atoms with Gasteiger partial charge in [-0.2, -0.15) is 0 Å². The second-order valence-corrected chi connectivity index (χ2v) is 5.75. The van der Waals surface area contributed by atoms with Crippen LogP contribution < -0.4 is 10.6 Å². The maximum absolute atomic E-state index is 12.5. The Morgan fingerprint density at radius 2 is 1.65 bits per heavy atom. The highest BCUT2D eigenvalue weighted by molar-refractivity contribution is 6.05. The molecule has 0 saturated carbocycles. The monoisotopic (exact) mass is 349 g/mol. The molecule has 3 rings (SSSR count). The summed E-state index contributed by atoms with van der Waals surface area (Å²) in [5, 5.41) is 13.2. The Morgan fingerprint density at radius 3 is 2.38 bits per heavy atom. The molecule has 1 heterocycles. The number of nitrogens with one attached hydrogen (secondary N) is 2. The lowest BCUT2D eigenvalue weighted by Crippen LogP contribution is -2.13. The molecule has 0 aliphatic carbocycles. The number of anilines is 2. The Morgan fingerprint density at radius 1 is 0.962 bits per heavy atom. The highest BCUT2D eigenvalue weighted by atomic mass is 16.2. The first-order chi connectivity index (χ1) is 12.7. The molecule has 3 aromatic rings. The van der Waals surface area contributed by atoms with E-state index in [1.165, 1.54) is 0 Å². The van der Waals surface area contributed by atoms with E-state index in [9.17, 15) is 9.59 Å². The third-order valence-corrected chi connectivity index (χ3v) is 3.71. The molecule has 2 N–H and O–H groups in total. The van der Waals surface area contributed by atoms with E-state index in [1.807, 2.05) is 13.0 Å². The molecule has 0 atom stereocenters. The zero-order chi connectivity index (χ0) is 18.4. The number of carbonyl (C=O) groups excluding carboxylic acids is 2. The first-order valence-corrected chi connectivity index (χ1v) is 8.32. The lowest BCUT2D eigenvalue weighted by Gasteiger charge is -2.09. The van der Waals surface area contributed by atoms with Gasteiger partial charge in [0.2, 0.25) is 5.91 Å². The summed E-state index contributed by atoms with van der Waals surface area (Å²) in [6.07, 6.45) is 4.39. The number of benzene rings is 2. The summed E-state index contributed by atoms with van der Waals surface area (Å²) in [7, 11) is 0. The van der Waals surface area contributed by atoms with Gasteiger partial charge in [0.1, 0.15) is 12.7 Å². The number of carbonyl (C=O) groups is 2. The summed E-state index contributed by atoms with van der Waals surface area (Å²) in [6.45, 7) is 1.95. The van der Waals surface area contributed by atoms with Crippen LogP contribution in [0.4, 0.5) is 11.4 Å². The van der Waals surface area contributed by atoms with Crippen molar-refractivity contribution in [3.05, 3.63) is 66.7 Å². The summed E-state index contributed by atoms with van der Waals surface area (Å²) in [6, 6.07) is 14.2. The van der Waals surface area contributed by atoms with Gasteiger partial charge in [-0.3, -0.25) is 14.2 Å². The van der Waals surface area contributed by atoms with Crippen LogP contribution in [0.1, 0.15) is 30.1 Å². The molecule has 132 valence electrons. The minimum atomic E-state index is -0.239. The van der Waals surface area contributed by atoms with Gasteiger partial charge in [-0.1, -0.05) is 19.1 Å². The molecule has 0 spiro atoms. The van der Waals surface area contributed by atoms with Crippen molar-refractivity contribution in [3.63, 3.8) is 0 Å². The van der Waals surface area contributed by atoms with Crippen molar-refractivity contribution in [2.24, 2.45) is 0 Å². The van der Waals surface area contributed by atoms with Crippen LogP contribution in [0.5, 0.6) is 0 Å². The van der Waals surface area contributed by atoms with Gasteiger partial charge >= 0.3 is 0 Å². The van der Waals surface area contributed by atoms with E-state index in [0.29, 0.717) is 23.4 Å². The van der Waals surface area contributed by atoms with E-state index in [4.69, 9.17) is 0 Å². The summed E-state index contributed by atoms with van der Waals surface area (Å²) in [5.41, 5.74) is 2.57. The summed E-state index contributed by atoms with van der Waals surface area (Å²) in [5.74, 6) is -0.283. The van der Waals surface area contributed by atoms with Gasteiger partial charge in [-0.05, 0) is 42.8 Å². The molecule has 7 heteroatoms. The van der Waals surface area contributed by atoms with Crippen LogP contribution in [0.25, 0.3) is 5.69 Å². The summed E-state index contributed by atoms with van der Waals surface area (Å²) >= 11 is 0. The quantitative estimate of drug-likeness (QED) is 0.715. The van der Waals surface area contributed by atoms with Crippen molar-refractivity contribution in [2.45, 2.75) is 19.8 Å². The average Bonchev–Trinajstić information content (AvgIpc) is 3.17. The molecular weight excluding hydrogens is 330 g/mol. The topological polar surface area (TPSA) is 88.9 Å². The second kappa shape index (κ2) is 8.06. The van der Waals surface area contributed by atoms with Gasteiger partial charge in [0, 0.05) is 29.0 Å². The molecule has 0 aliphatic heterocycles. The van der Waals surface area contributed by atoms with Gasteiger partial charge in [0.05, 0.1) is 0 Å². The predicted octanol–water partition coefficient (Wildman–Crippen LogP) is 3.26. The van der Waals surface area contributed by atoms with Gasteiger partial charge in [-0.15, -0.1) is 10.2 Å². The molecule has 7 nitrogen and oxygen atoms in total. The smallest absolute Gasteiger partial charge is 0.255 e. The number of nitrogens with zero attached hydrogens (tertiary/aromatic N) is 3. The predicted molar refractivity (Wildman–Crippen MR) is 99.3 cm³/mol. The maximum Gasteiger partial charge on any atom is 0.255 e. The fraction of sp³-hybridized carbons (Fsp3) is 0.158. The van der Waals surface area contributed by atoms with Crippen LogP contribution in [-0.2, 0) is 4.79 Å². The Bertz CT molecular complexity index is 906. The van der Waals surface area contributed by atoms with Crippen LogP contribution in [0.2, 0.25) is 0 Å². The maximum atomic E-state index is 12.5. The van der Waals surface area contributed by atoms with Crippen molar-refractivity contribution >= 4 is 23.2 Å². The highest BCUT2D eigenvalue weighted by Gasteiger charge is 2.09. The average molecular weight is 349 g/mol. The molecule has 0 fully saturated rings. The largest absolute Gasteiger partial charge is 0.326 e. The third kappa shape index (κ3) is 4.32. The van der Waals surface area contributed by atoms with Gasteiger partial charge < -0.3 is 10.6 Å². The lowest BCUT2D eigenvalue weighted by molar-refractivity contribution is -0.116. The SMILES string of the molecule is CCCC(=O)Nc1cccc(NC(=O)c2cccc(-n3cnnc3)c2)c1. The number of hydrogen-bond donors (Lipinski definition) is 2. The van der Waals surface area contributed by atoms with Gasteiger partial charge in [-0.25, -0.2) is 0 Å². The Balaban J connectivity index is 1.72. The second-order valence-electron chi connectivity index (χ2n) is 5.75. The fourth-order valence-corrected chi connectivity index (χ4v) is 2.47. The first kappa shape index (κ1) is 17.3. The van der Waals surface area contributed by atoms with Crippen molar-refractivity contribution in [3.8, 4) is 5.69 Å².